The molecule has 188 valence electrons. The molecule has 0 rings (SSSR count). The first-order valence-corrected chi connectivity index (χ1v) is 14.3. The lowest BCUT2D eigenvalue weighted by Crippen LogP contribution is -1.94. The van der Waals surface area contributed by atoms with Gasteiger partial charge < -0.3 is 0 Å². The van der Waals surface area contributed by atoms with Gasteiger partial charge in [0.15, 0.2) is 0 Å². The van der Waals surface area contributed by atoms with E-state index in [4.69, 9.17) is 0 Å². The molecule has 0 aliphatic rings. The third-order valence-corrected chi connectivity index (χ3v) is 6.39. The summed E-state index contributed by atoms with van der Waals surface area (Å²) in [7, 11) is 0. The van der Waals surface area contributed by atoms with Crippen molar-refractivity contribution in [1.82, 2.24) is 0 Å². The van der Waals surface area contributed by atoms with Crippen LogP contribution in [-0.2, 0) is 0 Å². The van der Waals surface area contributed by atoms with Crippen molar-refractivity contribution in [2.24, 2.45) is 17.8 Å². The third kappa shape index (κ3) is 46.3. The largest absolute Gasteiger partial charge is 0.0654 e. The van der Waals surface area contributed by atoms with Gasteiger partial charge in [0.05, 0.1) is 0 Å². The molecule has 0 aliphatic heterocycles. The minimum Gasteiger partial charge on any atom is -0.0654 e. The smallest absolute Gasteiger partial charge is 0.0443 e. The fraction of sp³-hybridized carbons (Fsp3) is 1.00. The molecule has 0 aromatic heterocycles. The van der Waals surface area contributed by atoms with Gasteiger partial charge in [-0.1, -0.05) is 179 Å². The van der Waals surface area contributed by atoms with Gasteiger partial charge >= 0.3 is 0 Å². The maximum Gasteiger partial charge on any atom is -0.0443 e. The molecule has 0 aliphatic carbocycles. The fourth-order valence-corrected chi connectivity index (χ4v) is 2.56. The molecule has 0 atom stereocenters. The molecule has 0 N–H and O–H groups in total. The summed E-state index contributed by atoms with van der Waals surface area (Å²) >= 11 is 0. The number of hydrogen-bond acceptors (Lipinski definition) is 0. The Morgan fingerprint density at radius 3 is 0.800 bits per heavy atom. The van der Waals surface area contributed by atoms with Crippen LogP contribution in [0.1, 0.15) is 179 Å². The molecule has 0 heterocycles. The van der Waals surface area contributed by atoms with Crippen LogP contribution in [0, 0.1) is 17.8 Å². The Morgan fingerprint density at radius 1 is 0.333 bits per heavy atom. The second-order valence-corrected chi connectivity index (χ2v) is 9.65. The van der Waals surface area contributed by atoms with Gasteiger partial charge in [-0.15, -0.1) is 0 Å². The first-order chi connectivity index (χ1) is 14.3. The Balaban J connectivity index is -0.000000175. The van der Waals surface area contributed by atoms with Crippen LogP contribution in [0.2, 0.25) is 0 Å². The van der Waals surface area contributed by atoms with Gasteiger partial charge in [-0.05, 0) is 17.8 Å². The molecule has 0 radical (unpaired) electrons. The van der Waals surface area contributed by atoms with E-state index >= 15 is 0 Å². The first kappa shape index (κ1) is 37.3. The van der Waals surface area contributed by atoms with Crippen molar-refractivity contribution >= 4 is 0 Å². The summed E-state index contributed by atoms with van der Waals surface area (Å²) in [6, 6.07) is 0. The lowest BCUT2D eigenvalue weighted by molar-refractivity contribution is 0.436. The number of hydrogen-bond donors (Lipinski definition) is 0. The molecular formula is C30H68. The monoisotopic (exact) mass is 429 g/mol. The van der Waals surface area contributed by atoms with Crippen molar-refractivity contribution in [1.29, 1.82) is 0 Å². The van der Waals surface area contributed by atoms with Crippen molar-refractivity contribution in [3.63, 3.8) is 0 Å². The first-order valence-electron chi connectivity index (χ1n) is 14.3. The summed E-state index contributed by atoms with van der Waals surface area (Å²) in [5.41, 5.74) is 0. The molecule has 0 unspecified atom stereocenters. The Bertz CT molecular complexity index is 200. The third-order valence-electron chi connectivity index (χ3n) is 6.39. The minimum absolute atomic E-state index is 0.935. The van der Waals surface area contributed by atoms with Crippen molar-refractivity contribution in [3.05, 3.63) is 0 Å². The van der Waals surface area contributed by atoms with Crippen LogP contribution < -0.4 is 0 Å². The Hall–Kier alpha value is 0. The molecular weight excluding hydrogens is 360 g/mol. The average Bonchev–Trinajstić information content (AvgIpc) is 2.79. The van der Waals surface area contributed by atoms with Crippen LogP contribution in [0.15, 0.2) is 0 Å². The molecule has 0 heteroatoms. The van der Waals surface area contributed by atoms with E-state index in [9.17, 15) is 0 Å². The highest BCUT2D eigenvalue weighted by Gasteiger charge is 2.01. The van der Waals surface area contributed by atoms with Gasteiger partial charge in [-0.2, -0.15) is 0 Å². The van der Waals surface area contributed by atoms with Gasteiger partial charge in [0.25, 0.3) is 0 Å². The van der Waals surface area contributed by atoms with Crippen LogP contribution in [0.3, 0.4) is 0 Å². The normalized spacial score (nSPS) is 10.2. The summed E-state index contributed by atoms with van der Waals surface area (Å²) in [4.78, 5) is 0. The van der Waals surface area contributed by atoms with E-state index in [0.29, 0.717) is 0 Å². The second kappa shape index (κ2) is 36.4. The van der Waals surface area contributed by atoms with Crippen LogP contribution in [-0.4, -0.2) is 0 Å². The van der Waals surface area contributed by atoms with Crippen LogP contribution >= 0.6 is 0 Å². The molecule has 0 aromatic carbocycles. The van der Waals surface area contributed by atoms with Crippen molar-refractivity contribution in [2.45, 2.75) is 179 Å². The van der Waals surface area contributed by atoms with Gasteiger partial charge in [0.2, 0.25) is 0 Å². The maximum atomic E-state index is 2.43. The zero-order chi connectivity index (χ0) is 24.0. The molecule has 0 saturated heterocycles. The second-order valence-electron chi connectivity index (χ2n) is 9.65. The Morgan fingerprint density at radius 2 is 0.633 bits per heavy atom. The van der Waals surface area contributed by atoms with Gasteiger partial charge in [-0.25, -0.2) is 0 Å². The maximum absolute atomic E-state index is 2.43. The fourth-order valence-electron chi connectivity index (χ4n) is 2.56. The number of unbranched alkanes of at least 4 members (excludes halogenated alkanes) is 7. The summed E-state index contributed by atoms with van der Waals surface area (Å²) in [6.07, 6.45) is 22.3. The Kier molecular flexibility index (Phi) is 45.3. The highest BCUT2D eigenvalue weighted by molar-refractivity contribution is 4.54. The van der Waals surface area contributed by atoms with Gasteiger partial charge in [0, 0.05) is 0 Å². The van der Waals surface area contributed by atoms with E-state index in [1.165, 1.54) is 103 Å². The molecule has 0 nitrogen and oxygen atoms in total. The van der Waals surface area contributed by atoms with Crippen LogP contribution in [0.25, 0.3) is 0 Å². The Labute approximate surface area is 196 Å². The summed E-state index contributed by atoms with van der Waals surface area (Å²) < 4.78 is 0. The lowest BCUT2D eigenvalue weighted by Gasteiger charge is -2.10. The van der Waals surface area contributed by atoms with E-state index in [-0.39, 0.29) is 0 Å². The minimum atomic E-state index is 0.935. The number of rotatable bonds is 15. The van der Waals surface area contributed by atoms with Crippen molar-refractivity contribution in [3.8, 4) is 0 Å². The van der Waals surface area contributed by atoms with E-state index in [0.717, 1.165) is 17.8 Å². The van der Waals surface area contributed by atoms with E-state index in [2.05, 4.69) is 76.2 Å². The van der Waals surface area contributed by atoms with Crippen molar-refractivity contribution < 1.29 is 0 Å². The van der Waals surface area contributed by atoms with E-state index in [1.807, 2.05) is 0 Å². The van der Waals surface area contributed by atoms with Gasteiger partial charge in [0.1, 0.15) is 0 Å². The quantitative estimate of drug-likeness (QED) is 0.227. The predicted molar refractivity (Wildman–Crippen MR) is 147 cm³/mol. The molecule has 0 aromatic rings. The van der Waals surface area contributed by atoms with E-state index in [1.54, 1.807) is 0 Å². The van der Waals surface area contributed by atoms with E-state index < -0.39 is 0 Å². The lowest BCUT2D eigenvalue weighted by atomic mass is 9.96. The summed E-state index contributed by atoms with van der Waals surface area (Å²) in [5, 5.41) is 0. The predicted octanol–water partition coefficient (Wildman–Crippen LogP) is 12.3. The highest BCUT2D eigenvalue weighted by Crippen LogP contribution is 2.17. The van der Waals surface area contributed by atoms with Gasteiger partial charge in [-0.3, -0.25) is 0 Å². The molecule has 0 bridgehead atoms. The highest BCUT2D eigenvalue weighted by atomic mass is 14.1. The molecule has 0 fully saturated rings. The molecule has 0 amide bonds. The topological polar surface area (TPSA) is 0 Å². The zero-order valence-electron chi connectivity index (χ0n) is 24.0. The molecule has 0 saturated carbocycles. The zero-order valence-corrected chi connectivity index (χ0v) is 24.0. The molecule has 30 heavy (non-hydrogen) atoms. The molecule has 0 spiro atoms. The van der Waals surface area contributed by atoms with Crippen molar-refractivity contribution in [2.75, 3.05) is 0 Å². The average molecular weight is 429 g/mol. The summed E-state index contributed by atoms with van der Waals surface area (Å²) in [6.45, 7) is 24.8. The van der Waals surface area contributed by atoms with Crippen LogP contribution in [0.4, 0.5) is 0 Å². The summed E-state index contributed by atoms with van der Waals surface area (Å²) in [5.74, 6) is 2.85. The van der Waals surface area contributed by atoms with Crippen LogP contribution in [0.5, 0.6) is 0 Å². The standard InChI is InChI=1S/C14H30.2C6H14.C4H10/c1-4-6-8-10-12-14(3)13-11-9-7-5-2;2*1-4-6(3)5-2;1-3-4-2/h14H,4-13H2,1-3H3;2*6H,4-5H2,1-3H3;3-4H2,1-2H3. The SMILES string of the molecule is CCC(C)CC.CCC(C)CC.CCCC.CCCCCCC(C)CCCCCC.